The van der Waals surface area contributed by atoms with Crippen molar-refractivity contribution in [2.24, 2.45) is 29.1 Å². The van der Waals surface area contributed by atoms with E-state index in [-0.39, 0.29) is 29.6 Å². The van der Waals surface area contributed by atoms with E-state index in [0.717, 1.165) is 55.4 Å². The summed E-state index contributed by atoms with van der Waals surface area (Å²) in [6, 6.07) is 5.35. The van der Waals surface area contributed by atoms with Gasteiger partial charge in [0.15, 0.2) is 0 Å². The summed E-state index contributed by atoms with van der Waals surface area (Å²) in [5.41, 5.74) is 3.06. The van der Waals surface area contributed by atoms with Crippen molar-refractivity contribution in [3.05, 3.63) is 41.2 Å². The van der Waals surface area contributed by atoms with Gasteiger partial charge in [0.2, 0.25) is 5.91 Å². The number of esters is 1. The Morgan fingerprint density at radius 2 is 1.95 bits per heavy atom. The number of imidazole rings is 1. The van der Waals surface area contributed by atoms with Crippen LogP contribution in [0.4, 0.5) is 0 Å². The number of H-pyrrole nitrogens is 1. The number of ether oxygens (including phenoxy) is 1. The van der Waals surface area contributed by atoms with Crippen LogP contribution in [0.2, 0.25) is 0 Å². The minimum absolute atomic E-state index is 0.0302. The van der Waals surface area contributed by atoms with Crippen LogP contribution in [-0.4, -0.2) is 46.6 Å². The van der Waals surface area contributed by atoms with E-state index < -0.39 is 5.97 Å². The number of fused-ring (bicyclic) bond motifs is 1. The first-order valence-corrected chi connectivity index (χ1v) is 13.8. The molecule has 2 aromatic rings. The first kappa shape index (κ1) is 27.9. The fourth-order valence-electron chi connectivity index (χ4n) is 6.64. The highest BCUT2D eigenvalue weighted by molar-refractivity contribution is 5.93. The lowest BCUT2D eigenvalue weighted by Crippen LogP contribution is -2.39. The maximum absolute atomic E-state index is 12.9. The Bertz CT molecular complexity index is 1210. The molecule has 8 heteroatoms. The van der Waals surface area contributed by atoms with Gasteiger partial charge in [-0.2, -0.15) is 0 Å². The van der Waals surface area contributed by atoms with Crippen LogP contribution in [0, 0.1) is 29.1 Å². The number of aromatic amines is 1. The fraction of sp³-hybridized carbons (Fsp3) is 0.600. The molecular formula is C30H41N3O5. The fourth-order valence-corrected chi connectivity index (χ4v) is 6.64. The number of nitrogens with one attached hydrogen (secondary N) is 2. The molecule has 1 amide bonds. The Hall–Kier alpha value is -3.16. The first-order valence-electron chi connectivity index (χ1n) is 13.8. The summed E-state index contributed by atoms with van der Waals surface area (Å²) in [7, 11) is 1.37. The second kappa shape index (κ2) is 11.7. The molecule has 2 aliphatic carbocycles. The van der Waals surface area contributed by atoms with Gasteiger partial charge >= 0.3 is 11.9 Å². The SMILES string of the molecule is COC(=O)c1ccc2nc(CC3CC(C(C)C)C(CNC(=O)CC4(CC(=O)O)CCCC4)C=C3C)[nH]c2c1. The van der Waals surface area contributed by atoms with Crippen LogP contribution in [0.3, 0.4) is 0 Å². The van der Waals surface area contributed by atoms with Crippen molar-refractivity contribution in [1.82, 2.24) is 15.3 Å². The summed E-state index contributed by atoms with van der Waals surface area (Å²) in [6.45, 7) is 7.21. The number of carbonyl (C=O) groups excluding carboxylic acids is 2. The number of aromatic nitrogens is 2. The standard InChI is InChI=1S/C30H41N3O5/c1-18(2)23-12-21(14-26-32-24-8-7-20(29(37)38-4)13-25(24)33-26)19(3)11-22(23)17-31-27(34)15-30(16-28(35)36)9-5-6-10-30/h7-8,11,13,18,21-23H,5-6,9-10,12,14-17H2,1-4H3,(H,31,34)(H,32,33)(H,35,36). The quantitative estimate of drug-likeness (QED) is 0.287. The van der Waals surface area contributed by atoms with E-state index in [4.69, 9.17) is 9.72 Å². The van der Waals surface area contributed by atoms with E-state index in [2.05, 4.69) is 37.1 Å². The molecular weight excluding hydrogens is 482 g/mol. The van der Waals surface area contributed by atoms with Crippen molar-refractivity contribution in [3.63, 3.8) is 0 Å². The molecule has 0 radical (unpaired) electrons. The molecule has 0 spiro atoms. The summed E-state index contributed by atoms with van der Waals surface area (Å²) in [6.07, 6.45) is 8.12. The summed E-state index contributed by atoms with van der Waals surface area (Å²) in [4.78, 5) is 44.3. The van der Waals surface area contributed by atoms with Crippen LogP contribution >= 0.6 is 0 Å². The molecule has 4 rings (SSSR count). The highest BCUT2D eigenvalue weighted by Gasteiger charge is 2.38. The van der Waals surface area contributed by atoms with Crippen molar-refractivity contribution < 1.29 is 24.2 Å². The molecule has 3 atom stereocenters. The number of amides is 1. The van der Waals surface area contributed by atoms with Gasteiger partial charge in [-0.05, 0) is 73.5 Å². The lowest BCUT2D eigenvalue weighted by atomic mass is 9.69. The number of nitrogens with zero attached hydrogens (tertiary/aromatic N) is 1. The molecule has 3 unspecified atom stereocenters. The smallest absolute Gasteiger partial charge is 0.337 e. The molecule has 1 heterocycles. The molecule has 1 aromatic heterocycles. The van der Waals surface area contributed by atoms with E-state index in [1.54, 1.807) is 12.1 Å². The number of allylic oxidation sites excluding steroid dienone is 1. The van der Waals surface area contributed by atoms with Crippen LogP contribution in [0.1, 0.15) is 81.9 Å². The zero-order valence-corrected chi connectivity index (χ0v) is 23.0. The van der Waals surface area contributed by atoms with Gasteiger partial charge in [-0.15, -0.1) is 0 Å². The molecule has 38 heavy (non-hydrogen) atoms. The van der Waals surface area contributed by atoms with Gasteiger partial charge in [-0.3, -0.25) is 9.59 Å². The van der Waals surface area contributed by atoms with Crippen LogP contribution in [0.15, 0.2) is 29.8 Å². The molecule has 8 nitrogen and oxygen atoms in total. The van der Waals surface area contributed by atoms with Crippen molar-refractivity contribution >= 4 is 28.9 Å². The average Bonchev–Trinajstić information content (AvgIpc) is 3.48. The maximum Gasteiger partial charge on any atom is 0.337 e. The summed E-state index contributed by atoms with van der Waals surface area (Å²) in [5.74, 6) is 1.14. The number of hydrogen-bond donors (Lipinski definition) is 3. The molecule has 0 saturated heterocycles. The maximum atomic E-state index is 12.9. The number of carbonyl (C=O) groups is 3. The largest absolute Gasteiger partial charge is 0.481 e. The van der Waals surface area contributed by atoms with E-state index in [0.29, 0.717) is 36.3 Å². The normalized spacial score (nSPS) is 22.9. The zero-order chi connectivity index (χ0) is 27.4. The van der Waals surface area contributed by atoms with Crippen molar-refractivity contribution in [2.75, 3.05) is 13.7 Å². The van der Waals surface area contributed by atoms with Gasteiger partial charge in [0.1, 0.15) is 5.82 Å². The van der Waals surface area contributed by atoms with Crippen molar-refractivity contribution in [3.8, 4) is 0 Å². The lowest BCUT2D eigenvalue weighted by Gasteiger charge is -2.37. The lowest BCUT2D eigenvalue weighted by molar-refractivity contribution is -0.140. The minimum atomic E-state index is -0.815. The molecule has 0 aliphatic heterocycles. The van der Waals surface area contributed by atoms with Gasteiger partial charge in [0.25, 0.3) is 0 Å². The van der Waals surface area contributed by atoms with Crippen molar-refractivity contribution in [1.29, 1.82) is 0 Å². The highest BCUT2D eigenvalue weighted by atomic mass is 16.5. The first-order chi connectivity index (χ1) is 18.1. The molecule has 1 aromatic carbocycles. The van der Waals surface area contributed by atoms with E-state index in [9.17, 15) is 19.5 Å². The van der Waals surface area contributed by atoms with Gasteiger partial charge in [-0.25, -0.2) is 9.78 Å². The number of rotatable bonds is 10. The number of benzene rings is 1. The van der Waals surface area contributed by atoms with Crippen LogP contribution in [-0.2, 0) is 20.7 Å². The predicted molar refractivity (Wildman–Crippen MR) is 146 cm³/mol. The number of carboxylic acids is 1. The molecule has 1 fully saturated rings. The topological polar surface area (TPSA) is 121 Å². The second-order valence-corrected chi connectivity index (χ2v) is 11.8. The van der Waals surface area contributed by atoms with Gasteiger partial charge in [-0.1, -0.05) is 38.3 Å². The molecule has 3 N–H and O–H groups in total. The Kier molecular flexibility index (Phi) is 8.58. The number of hydrogen-bond acceptors (Lipinski definition) is 5. The number of methoxy groups -OCH3 is 1. The third-order valence-corrected chi connectivity index (χ3v) is 8.74. The average molecular weight is 524 g/mol. The van der Waals surface area contributed by atoms with Gasteiger partial charge < -0.3 is 20.1 Å². The Labute approximate surface area is 224 Å². The summed E-state index contributed by atoms with van der Waals surface area (Å²) >= 11 is 0. The number of aliphatic carboxylic acids is 1. The van der Waals surface area contributed by atoms with Crippen molar-refractivity contribution in [2.45, 2.75) is 72.1 Å². The van der Waals surface area contributed by atoms with Crippen LogP contribution < -0.4 is 5.32 Å². The van der Waals surface area contributed by atoms with E-state index >= 15 is 0 Å². The Balaban J connectivity index is 1.41. The summed E-state index contributed by atoms with van der Waals surface area (Å²) in [5, 5.41) is 12.5. The molecule has 1 saturated carbocycles. The molecule has 2 aliphatic rings. The third kappa shape index (κ3) is 6.45. The molecule has 206 valence electrons. The predicted octanol–water partition coefficient (Wildman–Crippen LogP) is 5.29. The van der Waals surface area contributed by atoms with Gasteiger partial charge in [0, 0.05) is 19.4 Å². The molecule has 0 bridgehead atoms. The van der Waals surface area contributed by atoms with Crippen LogP contribution in [0.25, 0.3) is 11.0 Å². The third-order valence-electron chi connectivity index (χ3n) is 8.74. The Morgan fingerprint density at radius 3 is 2.61 bits per heavy atom. The van der Waals surface area contributed by atoms with Crippen LogP contribution in [0.5, 0.6) is 0 Å². The zero-order valence-electron chi connectivity index (χ0n) is 23.0. The Morgan fingerprint density at radius 1 is 1.21 bits per heavy atom. The minimum Gasteiger partial charge on any atom is -0.481 e. The van der Waals surface area contributed by atoms with E-state index in [1.165, 1.54) is 12.7 Å². The highest BCUT2D eigenvalue weighted by Crippen LogP contribution is 2.44. The van der Waals surface area contributed by atoms with Gasteiger partial charge in [0.05, 0.1) is 30.1 Å². The van der Waals surface area contributed by atoms with E-state index in [1.807, 2.05) is 6.07 Å². The monoisotopic (exact) mass is 523 g/mol. The second-order valence-electron chi connectivity index (χ2n) is 11.8. The number of carboxylic acid groups (broad SMARTS) is 1. The summed E-state index contributed by atoms with van der Waals surface area (Å²) < 4.78 is 4.83.